The molecular formula is C12H23N3O2. The van der Waals surface area contributed by atoms with Gasteiger partial charge >= 0.3 is 0 Å². The number of carbonyl (C=O) groups is 2. The van der Waals surface area contributed by atoms with Crippen molar-refractivity contribution >= 4 is 11.8 Å². The highest BCUT2D eigenvalue weighted by atomic mass is 16.2. The topological polar surface area (TPSA) is 61.4 Å². The number of carbonyl (C=O) groups excluding carboxylic acids is 2. The fraction of sp³-hybridized carbons (Fsp3) is 0.833. The summed E-state index contributed by atoms with van der Waals surface area (Å²) in [6.45, 7) is 5.25. The van der Waals surface area contributed by atoms with E-state index in [1.54, 1.807) is 4.90 Å². The van der Waals surface area contributed by atoms with E-state index in [2.05, 4.69) is 10.6 Å². The molecule has 0 aromatic rings. The number of likely N-dealkylation sites (tertiary alicyclic amines) is 1. The summed E-state index contributed by atoms with van der Waals surface area (Å²) in [5, 5.41) is 5.95. The minimum atomic E-state index is -0.297. The smallest absolute Gasteiger partial charge is 0.242 e. The second-order valence-electron chi connectivity index (χ2n) is 4.55. The molecule has 2 atom stereocenters. The third kappa shape index (κ3) is 3.70. The molecule has 0 aromatic carbocycles. The van der Waals surface area contributed by atoms with E-state index in [0.717, 1.165) is 6.42 Å². The highest BCUT2D eigenvalue weighted by Gasteiger charge is 2.31. The third-order valence-corrected chi connectivity index (χ3v) is 3.25. The van der Waals surface area contributed by atoms with Crippen molar-refractivity contribution in [3.8, 4) is 0 Å². The van der Waals surface area contributed by atoms with Crippen LogP contribution in [0.15, 0.2) is 0 Å². The summed E-state index contributed by atoms with van der Waals surface area (Å²) in [7, 11) is 1.86. The van der Waals surface area contributed by atoms with Gasteiger partial charge in [0.25, 0.3) is 0 Å². The first kappa shape index (κ1) is 14.0. The minimum Gasteiger partial charge on any atom is -0.353 e. The summed E-state index contributed by atoms with van der Waals surface area (Å²) >= 11 is 0. The van der Waals surface area contributed by atoms with Crippen molar-refractivity contribution in [1.82, 2.24) is 15.5 Å². The zero-order valence-electron chi connectivity index (χ0n) is 11.0. The van der Waals surface area contributed by atoms with E-state index in [0.29, 0.717) is 25.9 Å². The number of nitrogens with one attached hydrogen (secondary N) is 2. The molecule has 0 radical (unpaired) electrons. The summed E-state index contributed by atoms with van der Waals surface area (Å²) in [5.41, 5.74) is 0. The maximum absolute atomic E-state index is 12.0. The standard InChI is InChI=1S/C12H23N3O2/c1-4-10(15-7-5-6-11(15)16)12(17)14-8-9(2)13-3/h9-10,13H,4-8H2,1-3H3,(H,14,17). The van der Waals surface area contributed by atoms with Crippen LogP contribution >= 0.6 is 0 Å². The minimum absolute atomic E-state index is 0.0372. The Bertz CT molecular complexity index is 281. The molecule has 2 unspecified atom stereocenters. The second-order valence-corrected chi connectivity index (χ2v) is 4.55. The normalized spacial score (nSPS) is 19.2. The van der Waals surface area contributed by atoms with E-state index in [-0.39, 0.29) is 23.9 Å². The van der Waals surface area contributed by atoms with E-state index in [1.165, 1.54) is 0 Å². The first-order valence-electron chi connectivity index (χ1n) is 6.34. The third-order valence-electron chi connectivity index (χ3n) is 3.25. The Hall–Kier alpha value is -1.10. The summed E-state index contributed by atoms with van der Waals surface area (Å²) in [6.07, 6.45) is 2.12. The van der Waals surface area contributed by atoms with Gasteiger partial charge in [0.2, 0.25) is 11.8 Å². The van der Waals surface area contributed by atoms with Gasteiger partial charge in [-0.2, -0.15) is 0 Å². The summed E-state index contributed by atoms with van der Waals surface area (Å²) < 4.78 is 0. The van der Waals surface area contributed by atoms with Gasteiger partial charge in [0.1, 0.15) is 6.04 Å². The van der Waals surface area contributed by atoms with Crippen molar-refractivity contribution in [2.45, 2.75) is 45.2 Å². The van der Waals surface area contributed by atoms with Crippen LogP contribution in [0.5, 0.6) is 0 Å². The molecule has 2 amide bonds. The zero-order chi connectivity index (χ0) is 12.8. The largest absolute Gasteiger partial charge is 0.353 e. The molecule has 1 aliphatic rings. The molecule has 5 heteroatoms. The maximum atomic E-state index is 12.0. The van der Waals surface area contributed by atoms with E-state index in [4.69, 9.17) is 0 Å². The summed E-state index contributed by atoms with van der Waals surface area (Å²) in [5.74, 6) is 0.0681. The molecule has 98 valence electrons. The summed E-state index contributed by atoms with van der Waals surface area (Å²) in [4.78, 5) is 25.3. The van der Waals surface area contributed by atoms with Crippen LogP contribution in [0.2, 0.25) is 0 Å². The Labute approximate surface area is 103 Å². The lowest BCUT2D eigenvalue weighted by Crippen LogP contribution is -2.49. The van der Waals surface area contributed by atoms with Gasteiger partial charge in [-0.05, 0) is 26.8 Å². The monoisotopic (exact) mass is 241 g/mol. The highest BCUT2D eigenvalue weighted by molar-refractivity contribution is 5.88. The molecule has 0 aromatic heterocycles. The molecule has 1 fully saturated rings. The van der Waals surface area contributed by atoms with Gasteiger partial charge in [-0.15, -0.1) is 0 Å². The second kappa shape index (κ2) is 6.59. The lowest BCUT2D eigenvalue weighted by molar-refractivity contribution is -0.137. The fourth-order valence-corrected chi connectivity index (χ4v) is 2.02. The molecule has 17 heavy (non-hydrogen) atoms. The Balaban J connectivity index is 2.49. The Morgan fingerprint density at radius 2 is 2.24 bits per heavy atom. The molecule has 5 nitrogen and oxygen atoms in total. The average molecular weight is 241 g/mol. The van der Waals surface area contributed by atoms with Gasteiger partial charge in [0.05, 0.1) is 0 Å². The lowest BCUT2D eigenvalue weighted by Gasteiger charge is -2.26. The van der Waals surface area contributed by atoms with Crippen LogP contribution in [0.25, 0.3) is 0 Å². The van der Waals surface area contributed by atoms with Crippen LogP contribution in [0, 0.1) is 0 Å². The molecule has 0 saturated carbocycles. The quantitative estimate of drug-likeness (QED) is 0.694. The molecule has 1 rings (SSSR count). The van der Waals surface area contributed by atoms with Crippen molar-refractivity contribution in [3.05, 3.63) is 0 Å². The first-order valence-corrected chi connectivity index (χ1v) is 6.34. The predicted molar refractivity (Wildman–Crippen MR) is 66.6 cm³/mol. The van der Waals surface area contributed by atoms with E-state index >= 15 is 0 Å². The number of amides is 2. The van der Waals surface area contributed by atoms with Crippen molar-refractivity contribution in [2.75, 3.05) is 20.1 Å². The Morgan fingerprint density at radius 1 is 1.53 bits per heavy atom. The van der Waals surface area contributed by atoms with Crippen LogP contribution in [-0.4, -0.2) is 48.9 Å². The zero-order valence-corrected chi connectivity index (χ0v) is 11.0. The van der Waals surface area contributed by atoms with Crippen LogP contribution in [0.4, 0.5) is 0 Å². The van der Waals surface area contributed by atoms with Gasteiger partial charge in [-0.1, -0.05) is 6.92 Å². The number of rotatable bonds is 6. The van der Waals surface area contributed by atoms with E-state index < -0.39 is 0 Å². The van der Waals surface area contributed by atoms with Crippen molar-refractivity contribution < 1.29 is 9.59 Å². The van der Waals surface area contributed by atoms with Crippen molar-refractivity contribution in [3.63, 3.8) is 0 Å². The number of hydrogen-bond donors (Lipinski definition) is 2. The van der Waals surface area contributed by atoms with Crippen LogP contribution in [0.1, 0.15) is 33.1 Å². The maximum Gasteiger partial charge on any atom is 0.242 e. The molecule has 2 N–H and O–H groups in total. The molecular weight excluding hydrogens is 218 g/mol. The first-order chi connectivity index (χ1) is 8.10. The Morgan fingerprint density at radius 3 is 2.71 bits per heavy atom. The molecule has 1 aliphatic heterocycles. The molecule has 0 aliphatic carbocycles. The molecule has 1 saturated heterocycles. The van der Waals surface area contributed by atoms with Gasteiger partial charge in [0.15, 0.2) is 0 Å². The van der Waals surface area contributed by atoms with E-state index in [1.807, 2.05) is 20.9 Å². The van der Waals surface area contributed by atoms with Crippen LogP contribution in [0.3, 0.4) is 0 Å². The Kier molecular flexibility index (Phi) is 5.41. The molecule has 0 spiro atoms. The predicted octanol–water partition coefficient (Wildman–Crippen LogP) is 0.112. The van der Waals surface area contributed by atoms with Gasteiger partial charge in [-0.3, -0.25) is 9.59 Å². The molecule has 0 bridgehead atoms. The number of nitrogens with zero attached hydrogens (tertiary/aromatic N) is 1. The van der Waals surface area contributed by atoms with Crippen molar-refractivity contribution in [1.29, 1.82) is 0 Å². The van der Waals surface area contributed by atoms with Crippen LogP contribution in [-0.2, 0) is 9.59 Å². The highest BCUT2D eigenvalue weighted by Crippen LogP contribution is 2.15. The summed E-state index contributed by atoms with van der Waals surface area (Å²) in [6, 6.07) is -0.0557. The number of likely N-dealkylation sites (N-methyl/N-ethyl adjacent to an activating group) is 1. The van der Waals surface area contributed by atoms with Crippen molar-refractivity contribution in [2.24, 2.45) is 0 Å². The van der Waals surface area contributed by atoms with E-state index in [9.17, 15) is 9.59 Å². The van der Waals surface area contributed by atoms with Gasteiger partial charge < -0.3 is 15.5 Å². The lowest BCUT2D eigenvalue weighted by atomic mass is 10.1. The molecule has 1 heterocycles. The fourth-order valence-electron chi connectivity index (χ4n) is 2.02. The van der Waals surface area contributed by atoms with Gasteiger partial charge in [0, 0.05) is 25.6 Å². The SMILES string of the molecule is CCC(C(=O)NCC(C)NC)N1CCCC1=O. The van der Waals surface area contributed by atoms with Gasteiger partial charge in [-0.25, -0.2) is 0 Å². The number of hydrogen-bond acceptors (Lipinski definition) is 3. The average Bonchev–Trinajstić information content (AvgIpc) is 2.73. The van der Waals surface area contributed by atoms with Crippen LogP contribution < -0.4 is 10.6 Å².